The van der Waals surface area contributed by atoms with Gasteiger partial charge < -0.3 is 20.7 Å². The molecule has 1 aliphatic carbocycles. The normalized spacial score (nSPS) is 12.8. The van der Waals surface area contributed by atoms with E-state index in [-0.39, 0.29) is 24.3 Å². The van der Waals surface area contributed by atoms with Crippen LogP contribution in [0, 0.1) is 5.92 Å². The van der Waals surface area contributed by atoms with Gasteiger partial charge in [0.1, 0.15) is 12.6 Å². The van der Waals surface area contributed by atoms with E-state index in [0.29, 0.717) is 17.3 Å². The van der Waals surface area contributed by atoms with E-state index in [9.17, 15) is 9.59 Å². The van der Waals surface area contributed by atoms with E-state index < -0.39 is 12.1 Å². The summed E-state index contributed by atoms with van der Waals surface area (Å²) in [7, 11) is 0. The molecule has 7 heteroatoms. The first-order valence-corrected chi connectivity index (χ1v) is 13.8. The first kappa shape index (κ1) is 27.3. The number of fused-ring (bicyclic) bond motifs is 3. The molecule has 0 spiro atoms. The molecule has 40 heavy (non-hydrogen) atoms. The molecule has 0 fully saturated rings. The number of rotatable bonds is 9. The van der Waals surface area contributed by atoms with Crippen LogP contribution in [0.25, 0.3) is 11.1 Å². The number of para-hydroxylation sites is 2. The highest BCUT2D eigenvalue weighted by Crippen LogP contribution is 2.44. The Bertz CT molecular complexity index is 1470. The van der Waals surface area contributed by atoms with Crippen LogP contribution in [-0.2, 0) is 16.1 Å². The molecule has 3 N–H and O–H groups in total. The predicted octanol–water partition coefficient (Wildman–Crippen LogP) is 7.45. The fraction of sp³-hybridized carbons (Fsp3) is 0.212. The highest BCUT2D eigenvalue weighted by Gasteiger charge is 2.30. The molecule has 5 rings (SSSR count). The molecule has 204 valence electrons. The lowest BCUT2D eigenvalue weighted by Gasteiger charge is -2.23. The van der Waals surface area contributed by atoms with Crippen molar-refractivity contribution in [3.63, 3.8) is 0 Å². The second-order valence-electron chi connectivity index (χ2n) is 10.2. The molecule has 0 unspecified atom stereocenters. The highest BCUT2D eigenvalue weighted by molar-refractivity contribution is 6.30. The van der Waals surface area contributed by atoms with Crippen molar-refractivity contribution in [1.29, 1.82) is 0 Å². The van der Waals surface area contributed by atoms with Gasteiger partial charge in [0.05, 0.1) is 11.4 Å². The maximum atomic E-state index is 13.3. The molecule has 0 saturated heterocycles. The molecule has 0 heterocycles. The minimum atomic E-state index is -0.781. The molecule has 1 aliphatic rings. The summed E-state index contributed by atoms with van der Waals surface area (Å²) in [5.74, 6) is -0.533. The summed E-state index contributed by atoms with van der Waals surface area (Å²) >= 11 is 6.11. The van der Waals surface area contributed by atoms with E-state index in [1.54, 1.807) is 0 Å². The molecule has 4 aromatic rings. The third-order valence-electron chi connectivity index (χ3n) is 7.12. The Labute approximate surface area is 239 Å². The van der Waals surface area contributed by atoms with Crippen LogP contribution in [0.3, 0.4) is 0 Å². The van der Waals surface area contributed by atoms with Crippen molar-refractivity contribution in [2.45, 2.75) is 32.4 Å². The van der Waals surface area contributed by atoms with Gasteiger partial charge in [0.25, 0.3) is 0 Å². The minimum absolute atomic E-state index is 0.0538. The van der Waals surface area contributed by atoms with Gasteiger partial charge in [-0.1, -0.05) is 98.2 Å². The summed E-state index contributed by atoms with van der Waals surface area (Å²) in [6.07, 6.45) is -0.622. The Morgan fingerprint density at radius 2 is 1.45 bits per heavy atom. The van der Waals surface area contributed by atoms with Gasteiger partial charge in [0, 0.05) is 17.5 Å². The summed E-state index contributed by atoms with van der Waals surface area (Å²) in [6.45, 7) is 4.50. The second kappa shape index (κ2) is 12.3. The molecule has 0 saturated carbocycles. The number of hydrogen-bond donors (Lipinski definition) is 3. The molecular formula is C33H32ClN3O3. The Kier molecular flexibility index (Phi) is 8.37. The minimum Gasteiger partial charge on any atom is -0.449 e. The van der Waals surface area contributed by atoms with Gasteiger partial charge in [-0.15, -0.1) is 0 Å². The largest absolute Gasteiger partial charge is 0.449 e. The number of ether oxygens (including phenoxy) is 1. The molecule has 0 aromatic heterocycles. The van der Waals surface area contributed by atoms with Crippen LogP contribution < -0.4 is 16.0 Å². The monoisotopic (exact) mass is 553 g/mol. The molecule has 0 radical (unpaired) electrons. The van der Waals surface area contributed by atoms with Gasteiger partial charge >= 0.3 is 6.09 Å². The van der Waals surface area contributed by atoms with Gasteiger partial charge in [-0.05, 0) is 58.0 Å². The molecule has 0 aliphatic heterocycles. The van der Waals surface area contributed by atoms with Crippen molar-refractivity contribution in [3.05, 3.63) is 119 Å². The number of anilines is 2. The average Bonchev–Trinajstić information content (AvgIpc) is 3.28. The van der Waals surface area contributed by atoms with E-state index >= 15 is 0 Å². The summed E-state index contributed by atoms with van der Waals surface area (Å²) in [6, 6.07) is 30.6. The van der Waals surface area contributed by atoms with Crippen molar-refractivity contribution < 1.29 is 14.3 Å². The zero-order valence-electron chi connectivity index (χ0n) is 22.5. The maximum Gasteiger partial charge on any atom is 0.407 e. The van der Waals surface area contributed by atoms with E-state index in [4.69, 9.17) is 16.3 Å². The Balaban J connectivity index is 1.22. The Hall–Kier alpha value is -4.29. The zero-order chi connectivity index (χ0) is 28.1. The van der Waals surface area contributed by atoms with Crippen molar-refractivity contribution >= 4 is 35.0 Å². The fourth-order valence-electron chi connectivity index (χ4n) is 5.10. The molecule has 1 atom stereocenters. The lowest BCUT2D eigenvalue weighted by Crippen LogP contribution is -2.47. The van der Waals surface area contributed by atoms with Crippen molar-refractivity contribution in [1.82, 2.24) is 5.32 Å². The standard InChI is InChI=1S/C33H32ClN3O3/c1-21(2)31(32(38)36-30-17-8-7-16-29(30)35-19-22-10-9-11-23(34)18-22)37-33(39)40-20-28-26-14-5-3-12-24(26)25-13-4-6-15-27(25)28/h3-18,21,28,31,35H,19-20H2,1-2H3,(H,36,38)(H,37,39)/t31-/m0/s1. The number of benzene rings is 4. The van der Waals surface area contributed by atoms with Gasteiger partial charge in [0.2, 0.25) is 5.91 Å². The predicted molar refractivity (Wildman–Crippen MR) is 161 cm³/mol. The summed E-state index contributed by atoms with van der Waals surface area (Å²) in [5, 5.41) is 9.77. The quantitative estimate of drug-likeness (QED) is 0.201. The van der Waals surface area contributed by atoms with Crippen LogP contribution in [0.2, 0.25) is 5.02 Å². The van der Waals surface area contributed by atoms with Crippen LogP contribution in [0.5, 0.6) is 0 Å². The van der Waals surface area contributed by atoms with Crippen LogP contribution in [0.4, 0.5) is 16.2 Å². The summed E-state index contributed by atoms with van der Waals surface area (Å²) < 4.78 is 5.69. The lowest BCUT2D eigenvalue weighted by atomic mass is 9.98. The van der Waals surface area contributed by atoms with E-state index in [2.05, 4.69) is 40.2 Å². The van der Waals surface area contributed by atoms with Crippen LogP contribution >= 0.6 is 11.6 Å². The number of alkyl carbamates (subject to hydrolysis) is 1. The third kappa shape index (κ3) is 6.13. The third-order valence-corrected chi connectivity index (χ3v) is 7.36. The van der Waals surface area contributed by atoms with E-state index in [1.165, 1.54) is 0 Å². The first-order valence-electron chi connectivity index (χ1n) is 13.4. The number of carbonyl (C=O) groups is 2. The van der Waals surface area contributed by atoms with Crippen molar-refractivity contribution in [2.24, 2.45) is 5.92 Å². The van der Waals surface area contributed by atoms with Gasteiger partial charge in [-0.25, -0.2) is 4.79 Å². The summed E-state index contributed by atoms with van der Waals surface area (Å²) in [4.78, 5) is 26.2. The van der Waals surface area contributed by atoms with E-state index in [1.807, 2.05) is 86.6 Å². The van der Waals surface area contributed by atoms with Crippen molar-refractivity contribution in [3.8, 4) is 11.1 Å². The SMILES string of the molecule is CC(C)[C@H](NC(=O)OCC1c2ccccc2-c2ccccc21)C(=O)Nc1ccccc1NCc1cccc(Cl)c1. The number of amides is 2. The molecule has 0 bridgehead atoms. The molecule has 6 nitrogen and oxygen atoms in total. The first-order chi connectivity index (χ1) is 19.4. The number of carbonyl (C=O) groups excluding carboxylic acids is 2. The topological polar surface area (TPSA) is 79.5 Å². The lowest BCUT2D eigenvalue weighted by molar-refractivity contribution is -0.119. The Morgan fingerprint density at radius 3 is 2.10 bits per heavy atom. The smallest absolute Gasteiger partial charge is 0.407 e. The maximum absolute atomic E-state index is 13.3. The zero-order valence-corrected chi connectivity index (χ0v) is 23.2. The molecular weight excluding hydrogens is 522 g/mol. The summed E-state index contributed by atoms with van der Waals surface area (Å²) in [5.41, 5.74) is 7.00. The van der Waals surface area contributed by atoms with Crippen LogP contribution in [-0.4, -0.2) is 24.6 Å². The number of hydrogen-bond acceptors (Lipinski definition) is 4. The van der Waals surface area contributed by atoms with Gasteiger partial charge in [-0.3, -0.25) is 4.79 Å². The Morgan fingerprint density at radius 1 is 0.825 bits per heavy atom. The van der Waals surface area contributed by atoms with E-state index in [0.717, 1.165) is 33.5 Å². The fourth-order valence-corrected chi connectivity index (χ4v) is 5.32. The molecule has 4 aromatic carbocycles. The van der Waals surface area contributed by atoms with Crippen LogP contribution in [0.1, 0.15) is 36.5 Å². The number of halogens is 1. The van der Waals surface area contributed by atoms with Crippen LogP contribution in [0.15, 0.2) is 97.1 Å². The average molecular weight is 554 g/mol. The highest BCUT2D eigenvalue weighted by atomic mass is 35.5. The number of nitrogens with one attached hydrogen (secondary N) is 3. The molecule has 2 amide bonds. The van der Waals surface area contributed by atoms with Gasteiger partial charge in [0.15, 0.2) is 0 Å². The van der Waals surface area contributed by atoms with Crippen molar-refractivity contribution in [2.75, 3.05) is 17.2 Å². The van der Waals surface area contributed by atoms with Gasteiger partial charge in [-0.2, -0.15) is 0 Å². The second-order valence-corrected chi connectivity index (χ2v) is 10.6.